The van der Waals surface area contributed by atoms with E-state index in [1.807, 2.05) is 44.1 Å². The number of likely N-dealkylation sites (tertiary alicyclic amines) is 2. The number of aromatic nitrogens is 2. The maximum absolute atomic E-state index is 14.5. The van der Waals surface area contributed by atoms with E-state index in [1.165, 1.54) is 12.1 Å². The second kappa shape index (κ2) is 14.1. The third-order valence-electron chi connectivity index (χ3n) is 7.99. The lowest BCUT2D eigenvalue weighted by Gasteiger charge is -2.43. The number of nitrogens with zero attached hydrogens (tertiary/aromatic N) is 5. The number of amides is 3. The molecule has 1 aromatic heterocycles. The summed E-state index contributed by atoms with van der Waals surface area (Å²) in [6.45, 7) is 13.0. The molecular formula is C32H48FN5O5. The zero-order chi connectivity index (χ0) is 31.3. The lowest BCUT2D eigenvalue weighted by atomic mass is 9.91. The monoisotopic (exact) mass is 601 g/mol. The Morgan fingerprint density at radius 1 is 1.09 bits per heavy atom. The van der Waals surface area contributed by atoms with E-state index in [9.17, 15) is 18.8 Å². The SMILES string of the molecule is COCCCCn1c(C(=O)N(CC(C)C)[C@H]2C[C@@H](C(=O)N3CCCC3)CN(C(=O)OC(C)(C)C)C2)nc2cc(F)ccc21. The van der Waals surface area contributed by atoms with E-state index in [4.69, 9.17) is 9.47 Å². The molecule has 0 aliphatic carbocycles. The van der Waals surface area contributed by atoms with Crippen molar-refractivity contribution in [3.8, 4) is 0 Å². The molecule has 2 fully saturated rings. The van der Waals surface area contributed by atoms with Crippen LogP contribution in [0.25, 0.3) is 11.0 Å². The van der Waals surface area contributed by atoms with Crippen LogP contribution in [0.1, 0.15) is 77.3 Å². The molecule has 10 nitrogen and oxygen atoms in total. The van der Waals surface area contributed by atoms with Gasteiger partial charge in [0.2, 0.25) is 5.91 Å². The lowest BCUT2D eigenvalue weighted by Crippen LogP contribution is -2.58. The number of hydrogen-bond acceptors (Lipinski definition) is 6. The number of halogens is 1. The summed E-state index contributed by atoms with van der Waals surface area (Å²) in [6.07, 6.45) is 3.44. The largest absolute Gasteiger partial charge is 0.444 e. The molecular weight excluding hydrogens is 553 g/mol. The van der Waals surface area contributed by atoms with Crippen molar-refractivity contribution >= 4 is 28.9 Å². The molecule has 2 atom stereocenters. The first-order chi connectivity index (χ1) is 20.4. The molecule has 238 valence electrons. The van der Waals surface area contributed by atoms with Crippen LogP contribution in [0.2, 0.25) is 0 Å². The van der Waals surface area contributed by atoms with Gasteiger partial charge in [0, 0.05) is 59.1 Å². The number of unbranched alkanes of at least 4 members (excludes halogenated alkanes) is 1. The van der Waals surface area contributed by atoms with Crippen molar-refractivity contribution in [2.45, 2.75) is 84.9 Å². The third kappa shape index (κ3) is 8.25. The highest BCUT2D eigenvalue weighted by molar-refractivity contribution is 5.95. The van der Waals surface area contributed by atoms with E-state index in [0.29, 0.717) is 50.2 Å². The van der Waals surface area contributed by atoms with Gasteiger partial charge in [-0.05, 0) is 70.9 Å². The zero-order valence-electron chi connectivity index (χ0n) is 26.6. The molecule has 43 heavy (non-hydrogen) atoms. The number of rotatable bonds is 10. The van der Waals surface area contributed by atoms with Crippen LogP contribution < -0.4 is 0 Å². The quantitative estimate of drug-likeness (QED) is 0.358. The standard InChI is InChI=1S/C32H48FN5O5/c1-22(2)19-38(30(40)28-34-26-18-24(33)11-12-27(26)37(28)15-9-10-16-42-6)25-17-23(29(39)35-13-7-8-14-35)20-36(21-25)31(41)43-32(3,4)5/h11-12,18,22-23,25H,7-10,13-17,19-21H2,1-6H3/t23-,25+/m1/s1. The molecule has 1 aromatic carbocycles. The first-order valence-corrected chi connectivity index (χ1v) is 15.6. The van der Waals surface area contributed by atoms with Crippen LogP contribution in [0.15, 0.2) is 18.2 Å². The van der Waals surface area contributed by atoms with Gasteiger partial charge in [0.05, 0.1) is 23.0 Å². The summed E-state index contributed by atoms with van der Waals surface area (Å²) >= 11 is 0. The second-order valence-corrected chi connectivity index (χ2v) is 13.3. The van der Waals surface area contributed by atoms with E-state index < -0.39 is 29.5 Å². The Hall–Kier alpha value is -3.21. The van der Waals surface area contributed by atoms with Crippen molar-refractivity contribution < 1.29 is 28.2 Å². The van der Waals surface area contributed by atoms with Gasteiger partial charge in [-0.15, -0.1) is 0 Å². The number of fused-ring (bicyclic) bond motifs is 1. The van der Waals surface area contributed by atoms with Gasteiger partial charge in [-0.25, -0.2) is 14.2 Å². The number of aryl methyl sites for hydroxylation is 1. The molecule has 11 heteroatoms. The fraction of sp³-hybridized carbons (Fsp3) is 0.688. The molecule has 4 rings (SSSR count). The van der Waals surface area contributed by atoms with Crippen molar-refractivity contribution in [2.24, 2.45) is 11.8 Å². The summed E-state index contributed by atoms with van der Waals surface area (Å²) in [5.74, 6) is -0.790. The van der Waals surface area contributed by atoms with Crippen LogP contribution in [-0.4, -0.2) is 100 Å². The van der Waals surface area contributed by atoms with Crippen LogP contribution in [-0.2, 0) is 20.8 Å². The van der Waals surface area contributed by atoms with E-state index >= 15 is 0 Å². The molecule has 2 aliphatic rings. The van der Waals surface area contributed by atoms with Crippen molar-refractivity contribution in [3.63, 3.8) is 0 Å². The van der Waals surface area contributed by atoms with E-state index in [0.717, 1.165) is 25.7 Å². The number of ether oxygens (including phenoxy) is 2. The normalized spacial score (nSPS) is 19.3. The molecule has 0 unspecified atom stereocenters. The Morgan fingerprint density at radius 2 is 1.81 bits per heavy atom. The molecule has 0 N–H and O–H groups in total. The van der Waals surface area contributed by atoms with Crippen LogP contribution in [0.4, 0.5) is 9.18 Å². The summed E-state index contributed by atoms with van der Waals surface area (Å²) < 4.78 is 27.0. The van der Waals surface area contributed by atoms with Crippen LogP contribution >= 0.6 is 0 Å². The minimum Gasteiger partial charge on any atom is -0.444 e. The Kier molecular flexibility index (Phi) is 10.7. The minimum absolute atomic E-state index is 0.0218. The second-order valence-electron chi connectivity index (χ2n) is 13.3. The van der Waals surface area contributed by atoms with Gasteiger partial charge in [0.15, 0.2) is 5.82 Å². The minimum atomic E-state index is -0.700. The molecule has 3 amide bonds. The third-order valence-corrected chi connectivity index (χ3v) is 7.99. The highest BCUT2D eigenvalue weighted by Crippen LogP contribution is 2.29. The van der Waals surface area contributed by atoms with Gasteiger partial charge in [-0.1, -0.05) is 13.8 Å². The van der Waals surface area contributed by atoms with E-state index in [-0.39, 0.29) is 36.6 Å². The fourth-order valence-corrected chi connectivity index (χ4v) is 6.08. The molecule has 0 bridgehead atoms. The number of methoxy groups -OCH3 is 1. The molecule has 0 spiro atoms. The average molecular weight is 602 g/mol. The van der Waals surface area contributed by atoms with Gasteiger partial charge in [-0.3, -0.25) is 9.59 Å². The predicted molar refractivity (Wildman–Crippen MR) is 162 cm³/mol. The van der Waals surface area contributed by atoms with E-state index in [1.54, 1.807) is 23.0 Å². The molecule has 3 heterocycles. The summed E-state index contributed by atoms with van der Waals surface area (Å²) in [5, 5.41) is 0. The first-order valence-electron chi connectivity index (χ1n) is 15.6. The van der Waals surface area contributed by atoms with Crippen LogP contribution in [0, 0.1) is 17.7 Å². The van der Waals surface area contributed by atoms with Crippen molar-refractivity contribution in [3.05, 3.63) is 29.8 Å². The van der Waals surface area contributed by atoms with Crippen molar-refractivity contribution in [1.29, 1.82) is 0 Å². The Morgan fingerprint density at radius 3 is 2.47 bits per heavy atom. The molecule has 2 aliphatic heterocycles. The maximum atomic E-state index is 14.5. The highest BCUT2D eigenvalue weighted by atomic mass is 19.1. The number of carbonyl (C=O) groups excluding carboxylic acids is 3. The Labute approximate surface area is 254 Å². The predicted octanol–water partition coefficient (Wildman–Crippen LogP) is 4.95. The lowest BCUT2D eigenvalue weighted by molar-refractivity contribution is -0.137. The van der Waals surface area contributed by atoms with Crippen molar-refractivity contribution in [1.82, 2.24) is 24.3 Å². The van der Waals surface area contributed by atoms with Gasteiger partial charge in [-0.2, -0.15) is 0 Å². The maximum Gasteiger partial charge on any atom is 0.410 e. The molecule has 2 saturated heterocycles. The molecule has 0 radical (unpaired) electrons. The fourth-order valence-electron chi connectivity index (χ4n) is 6.08. The van der Waals surface area contributed by atoms with E-state index in [2.05, 4.69) is 4.98 Å². The zero-order valence-corrected chi connectivity index (χ0v) is 26.6. The molecule has 0 saturated carbocycles. The number of imidazole rings is 1. The van der Waals surface area contributed by atoms with Crippen LogP contribution in [0.3, 0.4) is 0 Å². The number of benzene rings is 1. The van der Waals surface area contributed by atoms with Gasteiger partial charge < -0.3 is 28.7 Å². The summed E-state index contributed by atoms with van der Waals surface area (Å²) in [7, 11) is 1.65. The average Bonchev–Trinajstić information content (AvgIpc) is 3.60. The van der Waals surface area contributed by atoms with Crippen LogP contribution in [0.5, 0.6) is 0 Å². The Bertz CT molecular complexity index is 1280. The summed E-state index contributed by atoms with van der Waals surface area (Å²) in [4.78, 5) is 51.3. The Balaban J connectivity index is 1.70. The van der Waals surface area contributed by atoms with Gasteiger partial charge in [0.25, 0.3) is 5.91 Å². The van der Waals surface area contributed by atoms with Gasteiger partial charge in [0.1, 0.15) is 11.4 Å². The number of piperidine rings is 1. The topological polar surface area (TPSA) is 97.2 Å². The van der Waals surface area contributed by atoms with Crippen molar-refractivity contribution in [2.75, 3.05) is 46.4 Å². The summed E-state index contributed by atoms with van der Waals surface area (Å²) in [5.41, 5.74) is 0.406. The smallest absolute Gasteiger partial charge is 0.410 e. The molecule has 2 aromatic rings. The number of carbonyl (C=O) groups is 3. The van der Waals surface area contributed by atoms with Gasteiger partial charge >= 0.3 is 6.09 Å². The summed E-state index contributed by atoms with van der Waals surface area (Å²) in [6, 6.07) is 3.96. The highest BCUT2D eigenvalue weighted by Gasteiger charge is 2.42. The number of hydrogen-bond donors (Lipinski definition) is 0. The first kappa shape index (κ1) is 32.7.